The van der Waals surface area contributed by atoms with E-state index in [0.29, 0.717) is 19.4 Å². The molecule has 1 aliphatic carbocycles. The first kappa shape index (κ1) is 8.87. The molecule has 1 N–H and O–H groups in total. The first-order chi connectivity index (χ1) is 5.67. The minimum Gasteiger partial charge on any atom is -0.481 e. The highest BCUT2D eigenvalue weighted by Crippen LogP contribution is 2.55. The molecule has 5 heteroatoms. The van der Waals surface area contributed by atoms with Gasteiger partial charge >= 0.3 is 5.97 Å². The van der Waals surface area contributed by atoms with Gasteiger partial charge in [-0.05, 0) is 24.3 Å². The van der Waals surface area contributed by atoms with Crippen LogP contribution in [0.5, 0.6) is 0 Å². The lowest BCUT2D eigenvalue weighted by molar-refractivity contribution is -0.144. The van der Waals surface area contributed by atoms with Crippen molar-refractivity contribution in [3.8, 4) is 0 Å². The van der Waals surface area contributed by atoms with Crippen LogP contribution < -0.4 is 0 Å². The zero-order valence-electron chi connectivity index (χ0n) is 6.90. The van der Waals surface area contributed by atoms with Crippen LogP contribution in [0, 0.1) is 11.3 Å². The molecule has 0 heterocycles. The molecule has 0 saturated heterocycles. The van der Waals surface area contributed by atoms with Crippen LogP contribution in [0.15, 0.2) is 5.11 Å². The zero-order chi connectivity index (χ0) is 9.19. The van der Waals surface area contributed by atoms with E-state index < -0.39 is 11.4 Å². The maximum absolute atomic E-state index is 10.8. The molecule has 0 aliphatic heterocycles. The molecule has 0 aromatic heterocycles. The Bertz CT molecular complexity index is 247. The van der Waals surface area contributed by atoms with Gasteiger partial charge in [0.1, 0.15) is 0 Å². The Hall–Kier alpha value is -1.22. The van der Waals surface area contributed by atoms with E-state index in [9.17, 15) is 4.79 Å². The first-order valence-electron chi connectivity index (χ1n) is 3.91. The summed E-state index contributed by atoms with van der Waals surface area (Å²) in [7, 11) is 0. The molecule has 1 fully saturated rings. The third-order valence-corrected chi connectivity index (χ3v) is 2.65. The molecule has 0 bridgehead atoms. The topological polar surface area (TPSA) is 86.1 Å². The average molecular weight is 169 g/mol. The highest BCUT2D eigenvalue weighted by molar-refractivity contribution is 5.78. The number of nitrogens with zero attached hydrogens (tertiary/aromatic N) is 3. The smallest absolute Gasteiger partial charge is 0.309 e. The molecule has 5 nitrogen and oxygen atoms in total. The van der Waals surface area contributed by atoms with E-state index >= 15 is 0 Å². The summed E-state index contributed by atoms with van der Waals surface area (Å²) in [6.07, 6.45) is 1.27. The van der Waals surface area contributed by atoms with Crippen molar-refractivity contribution >= 4 is 5.97 Å². The minimum atomic E-state index is -0.761. The van der Waals surface area contributed by atoms with Gasteiger partial charge in [0.25, 0.3) is 0 Å². The van der Waals surface area contributed by atoms with Crippen molar-refractivity contribution in [2.45, 2.75) is 19.8 Å². The van der Waals surface area contributed by atoms with Gasteiger partial charge in [-0.3, -0.25) is 4.79 Å². The van der Waals surface area contributed by atoms with Crippen LogP contribution in [0.3, 0.4) is 0 Å². The highest BCUT2D eigenvalue weighted by atomic mass is 16.4. The van der Waals surface area contributed by atoms with Gasteiger partial charge in [0, 0.05) is 11.5 Å². The third kappa shape index (κ3) is 1.23. The summed E-state index contributed by atoms with van der Waals surface area (Å²) >= 11 is 0. The average Bonchev–Trinajstić information content (AvgIpc) is 2.76. The minimum absolute atomic E-state index is 0.0518. The molecular formula is C7H11N3O2. The molecule has 0 amide bonds. The Balaban J connectivity index is 2.55. The Morgan fingerprint density at radius 3 is 2.92 bits per heavy atom. The van der Waals surface area contributed by atoms with Gasteiger partial charge in [0.05, 0.1) is 5.41 Å². The van der Waals surface area contributed by atoms with Crippen LogP contribution in [0.25, 0.3) is 10.4 Å². The van der Waals surface area contributed by atoms with E-state index in [4.69, 9.17) is 10.6 Å². The Morgan fingerprint density at radius 1 is 1.92 bits per heavy atom. The number of hydrogen-bond donors (Lipinski definition) is 1. The van der Waals surface area contributed by atoms with E-state index in [-0.39, 0.29) is 5.92 Å². The van der Waals surface area contributed by atoms with Gasteiger partial charge in [-0.15, -0.1) is 0 Å². The van der Waals surface area contributed by atoms with E-state index in [1.165, 1.54) is 0 Å². The van der Waals surface area contributed by atoms with Crippen molar-refractivity contribution in [3.05, 3.63) is 10.4 Å². The van der Waals surface area contributed by atoms with Crippen molar-refractivity contribution in [1.82, 2.24) is 0 Å². The number of carbonyl (C=O) groups is 1. The predicted molar refractivity (Wildman–Crippen MR) is 42.5 cm³/mol. The Morgan fingerprint density at radius 2 is 2.58 bits per heavy atom. The Labute approximate surface area is 70.0 Å². The lowest BCUT2D eigenvalue weighted by Crippen LogP contribution is -2.17. The molecule has 66 valence electrons. The molecule has 0 spiro atoms. The molecule has 2 atom stereocenters. The fourth-order valence-electron chi connectivity index (χ4n) is 1.60. The summed E-state index contributed by atoms with van der Waals surface area (Å²) in [4.78, 5) is 13.4. The van der Waals surface area contributed by atoms with Gasteiger partial charge in [-0.2, -0.15) is 0 Å². The zero-order valence-corrected chi connectivity index (χ0v) is 6.90. The van der Waals surface area contributed by atoms with Gasteiger partial charge in [0.2, 0.25) is 0 Å². The number of azide groups is 1. The molecule has 1 saturated carbocycles. The molecular weight excluding hydrogens is 158 g/mol. The highest BCUT2D eigenvalue weighted by Gasteiger charge is 2.58. The summed E-state index contributed by atoms with van der Waals surface area (Å²) in [5.41, 5.74) is 7.45. The Kier molecular flexibility index (Phi) is 2.24. The standard InChI is InChI=1S/C7H11N3O2/c1-2-7(6(11)12)3-5(7)4-9-10-8/h5H,2-4H2,1H3,(H,11,12). The van der Waals surface area contributed by atoms with Crippen molar-refractivity contribution in [2.24, 2.45) is 16.4 Å². The van der Waals surface area contributed by atoms with Crippen LogP contribution in [-0.4, -0.2) is 17.6 Å². The summed E-state index contributed by atoms with van der Waals surface area (Å²) < 4.78 is 0. The molecule has 0 aromatic rings. The van der Waals surface area contributed by atoms with Crippen molar-refractivity contribution in [1.29, 1.82) is 0 Å². The third-order valence-electron chi connectivity index (χ3n) is 2.65. The molecule has 2 unspecified atom stereocenters. The van der Waals surface area contributed by atoms with Gasteiger partial charge < -0.3 is 5.11 Å². The van der Waals surface area contributed by atoms with E-state index in [1.807, 2.05) is 6.92 Å². The monoisotopic (exact) mass is 169 g/mol. The molecule has 1 aliphatic rings. The summed E-state index contributed by atoms with van der Waals surface area (Å²) in [6.45, 7) is 2.17. The quantitative estimate of drug-likeness (QED) is 0.395. The van der Waals surface area contributed by atoms with Crippen molar-refractivity contribution < 1.29 is 9.90 Å². The van der Waals surface area contributed by atoms with Crippen LogP contribution in [0.4, 0.5) is 0 Å². The van der Waals surface area contributed by atoms with Crippen molar-refractivity contribution in [2.75, 3.05) is 6.54 Å². The van der Waals surface area contributed by atoms with Crippen molar-refractivity contribution in [3.63, 3.8) is 0 Å². The first-order valence-corrected chi connectivity index (χ1v) is 3.91. The van der Waals surface area contributed by atoms with Crippen LogP contribution in [-0.2, 0) is 4.79 Å². The maximum atomic E-state index is 10.8. The number of carboxylic acids is 1. The second kappa shape index (κ2) is 3.03. The fourth-order valence-corrected chi connectivity index (χ4v) is 1.60. The molecule has 12 heavy (non-hydrogen) atoms. The molecule has 1 rings (SSSR count). The normalized spacial score (nSPS) is 32.2. The van der Waals surface area contributed by atoms with Crippen LogP contribution in [0.2, 0.25) is 0 Å². The summed E-state index contributed by atoms with van der Waals surface area (Å²) in [5.74, 6) is -0.709. The molecule has 0 radical (unpaired) electrons. The van der Waals surface area contributed by atoms with E-state index in [0.717, 1.165) is 0 Å². The predicted octanol–water partition coefficient (Wildman–Crippen LogP) is 1.80. The number of hydrogen-bond acceptors (Lipinski definition) is 2. The van der Waals surface area contributed by atoms with E-state index in [1.54, 1.807) is 0 Å². The van der Waals surface area contributed by atoms with Gasteiger partial charge in [-0.25, -0.2) is 0 Å². The maximum Gasteiger partial charge on any atom is 0.309 e. The SMILES string of the molecule is CCC1(C(=O)O)CC1CN=[N+]=[N-]. The lowest BCUT2D eigenvalue weighted by Gasteiger charge is -2.06. The lowest BCUT2D eigenvalue weighted by atomic mass is 10.0. The van der Waals surface area contributed by atoms with E-state index in [2.05, 4.69) is 10.0 Å². The molecule has 0 aromatic carbocycles. The summed E-state index contributed by atoms with van der Waals surface area (Å²) in [5, 5.41) is 12.2. The van der Waals surface area contributed by atoms with Crippen LogP contribution >= 0.6 is 0 Å². The fraction of sp³-hybridized carbons (Fsp3) is 0.857. The van der Waals surface area contributed by atoms with Gasteiger partial charge in [0.15, 0.2) is 0 Å². The number of rotatable bonds is 4. The number of aliphatic carboxylic acids is 1. The second-order valence-corrected chi connectivity index (χ2v) is 3.13. The second-order valence-electron chi connectivity index (χ2n) is 3.13. The summed E-state index contributed by atoms with van der Waals surface area (Å²) in [6, 6.07) is 0. The number of carboxylic acid groups (broad SMARTS) is 1. The van der Waals surface area contributed by atoms with Gasteiger partial charge in [-0.1, -0.05) is 12.0 Å². The van der Waals surface area contributed by atoms with Crippen LogP contribution in [0.1, 0.15) is 19.8 Å². The largest absolute Gasteiger partial charge is 0.481 e.